The largest absolute Gasteiger partial charge is 0.573 e. The summed E-state index contributed by atoms with van der Waals surface area (Å²) in [5, 5.41) is 7.94. The molecule has 0 radical (unpaired) electrons. The number of carbonyl (C=O) groups excluding carboxylic acids is 1. The Kier molecular flexibility index (Phi) is 9.62. The number of nitrogens with one attached hydrogen (secondary N) is 1. The van der Waals surface area contributed by atoms with Crippen LogP contribution in [0.25, 0.3) is 22.6 Å². The number of anilines is 1. The molecule has 0 aliphatic carbocycles. The summed E-state index contributed by atoms with van der Waals surface area (Å²) in [6.45, 7) is 9.10. The van der Waals surface area contributed by atoms with E-state index in [1.54, 1.807) is 18.0 Å². The van der Waals surface area contributed by atoms with Gasteiger partial charge in [0.15, 0.2) is 11.0 Å². The minimum Gasteiger partial charge on any atom is -0.406 e. The van der Waals surface area contributed by atoms with Crippen LogP contribution in [-0.2, 0) is 0 Å². The Balaban J connectivity index is 1.24. The van der Waals surface area contributed by atoms with Crippen LogP contribution in [0.1, 0.15) is 49.8 Å². The molecule has 0 unspecified atom stereocenters. The van der Waals surface area contributed by atoms with E-state index in [9.17, 15) is 18.0 Å². The summed E-state index contributed by atoms with van der Waals surface area (Å²) in [5.74, 6) is 1.38. The van der Waals surface area contributed by atoms with Gasteiger partial charge in [-0.1, -0.05) is 62.0 Å². The van der Waals surface area contributed by atoms with Gasteiger partial charge in [-0.3, -0.25) is 0 Å². The van der Waals surface area contributed by atoms with Crippen LogP contribution in [0.4, 0.5) is 23.7 Å². The van der Waals surface area contributed by atoms with E-state index in [1.807, 2.05) is 31.2 Å². The Morgan fingerprint density at radius 2 is 1.82 bits per heavy atom. The number of rotatable bonds is 7. The van der Waals surface area contributed by atoms with Gasteiger partial charge in [-0.25, -0.2) is 14.5 Å². The van der Waals surface area contributed by atoms with Crippen molar-refractivity contribution in [3.05, 3.63) is 95.9 Å². The molecule has 8 nitrogen and oxygen atoms in total. The summed E-state index contributed by atoms with van der Waals surface area (Å²) in [6.07, 6.45) is -0.614. The molecule has 1 N–H and O–H groups in total. The van der Waals surface area contributed by atoms with E-state index in [0.717, 1.165) is 46.7 Å². The number of amidine groups is 1. The average Bonchev–Trinajstić information content (AvgIpc) is 3.50. The molecular formula is C33H33F3N6O2S. The van der Waals surface area contributed by atoms with Crippen molar-refractivity contribution in [3.8, 4) is 22.8 Å². The van der Waals surface area contributed by atoms with Crippen LogP contribution >= 0.6 is 11.8 Å². The first-order valence-electron chi connectivity index (χ1n) is 14.4. The fourth-order valence-corrected chi connectivity index (χ4v) is 5.78. The molecule has 0 saturated carbocycles. The molecule has 4 aromatic rings. The third-order valence-electron chi connectivity index (χ3n) is 7.12. The van der Waals surface area contributed by atoms with Gasteiger partial charge in [0, 0.05) is 29.7 Å². The quantitative estimate of drug-likeness (QED) is 0.220. The van der Waals surface area contributed by atoms with Crippen molar-refractivity contribution < 1.29 is 22.7 Å². The number of alkyl halides is 3. The molecule has 1 aliphatic heterocycles. The first-order chi connectivity index (χ1) is 21.5. The summed E-state index contributed by atoms with van der Waals surface area (Å²) in [4.78, 5) is 23.8. The number of aromatic nitrogens is 3. The second-order valence-corrected chi connectivity index (χ2v) is 11.9. The summed E-state index contributed by atoms with van der Waals surface area (Å²) in [6, 6.07) is 18.9. The van der Waals surface area contributed by atoms with Crippen LogP contribution in [0, 0.1) is 6.92 Å². The molecule has 12 heteroatoms. The summed E-state index contributed by atoms with van der Waals surface area (Å²) >= 11 is 1.59. The Hall–Kier alpha value is -4.58. The van der Waals surface area contributed by atoms with Gasteiger partial charge in [-0.2, -0.15) is 4.99 Å². The lowest BCUT2D eigenvalue weighted by Crippen LogP contribution is -2.36. The first kappa shape index (κ1) is 31.8. The number of hydrogen-bond acceptors (Lipinski definition) is 5. The van der Waals surface area contributed by atoms with Crippen LogP contribution in [0.2, 0.25) is 0 Å². The summed E-state index contributed by atoms with van der Waals surface area (Å²) < 4.78 is 42.7. The second kappa shape index (κ2) is 13.6. The van der Waals surface area contributed by atoms with Crippen molar-refractivity contribution in [2.45, 2.75) is 46.4 Å². The molecule has 0 bridgehead atoms. The molecule has 234 valence electrons. The van der Waals surface area contributed by atoms with Crippen LogP contribution in [0.15, 0.2) is 84.2 Å². The maximum absolute atomic E-state index is 12.9. The van der Waals surface area contributed by atoms with Gasteiger partial charge in [0.05, 0.1) is 5.69 Å². The fourth-order valence-electron chi connectivity index (χ4n) is 4.83. The first-order valence-corrected chi connectivity index (χ1v) is 15.4. The lowest BCUT2D eigenvalue weighted by molar-refractivity contribution is -0.274. The van der Waals surface area contributed by atoms with Gasteiger partial charge >= 0.3 is 12.4 Å². The van der Waals surface area contributed by atoms with Crippen molar-refractivity contribution in [1.82, 2.24) is 20.1 Å². The standard InChI is InChI=1S/C33H33F3N6O2S/c1-21(2)28-15-6-22(3)18-29(28)41-16-5-17-45-32(41)39-31(43)37-19-23(4)24-7-9-25(10-8-24)30-38-20-42(40-30)26-11-13-27(14-12-26)44-33(34,35)36/h6-15,18-21H,5,16-17H2,1-4H3,(H,37,43)/b23-19+,39-32?. The predicted octanol–water partition coefficient (Wildman–Crippen LogP) is 8.33. The smallest absolute Gasteiger partial charge is 0.406 e. The SMILES string of the molecule is C/C(=C\NC(=O)N=C1SCCCN1c1cc(C)ccc1C(C)C)c1ccc(-c2ncn(-c3ccc(OC(F)(F)F)cc3)n2)cc1. The van der Waals surface area contributed by atoms with E-state index in [0.29, 0.717) is 22.6 Å². The summed E-state index contributed by atoms with van der Waals surface area (Å²) in [5.41, 5.74) is 6.51. The Labute approximate surface area is 264 Å². The van der Waals surface area contributed by atoms with Gasteiger partial charge in [0.1, 0.15) is 12.1 Å². The molecule has 1 aliphatic rings. The molecule has 0 spiro atoms. The molecule has 5 rings (SSSR count). The predicted molar refractivity (Wildman–Crippen MR) is 173 cm³/mol. The van der Waals surface area contributed by atoms with Gasteiger partial charge in [-0.15, -0.1) is 18.3 Å². The summed E-state index contributed by atoms with van der Waals surface area (Å²) in [7, 11) is 0. The van der Waals surface area contributed by atoms with Crippen molar-refractivity contribution in [3.63, 3.8) is 0 Å². The van der Waals surface area contributed by atoms with E-state index < -0.39 is 12.4 Å². The van der Waals surface area contributed by atoms with Gasteiger partial charge < -0.3 is 15.0 Å². The average molecular weight is 635 g/mol. The third-order valence-corrected chi connectivity index (χ3v) is 8.18. The highest BCUT2D eigenvalue weighted by atomic mass is 32.2. The number of carbonyl (C=O) groups is 1. The maximum Gasteiger partial charge on any atom is 0.573 e. The highest BCUT2D eigenvalue weighted by Gasteiger charge is 2.31. The van der Waals surface area contributed by atoms with Crippen LogP contribution in [0.3, 0.4) is 0 Å². The molecule has 1 saturated heterocycles. The topological polar surface area (TPSA) is 84.6 Å². The Morgan fingerprint density at radius 3 is 2.51 bits per heavy atom. The number of amides is 2. The minimum atomic E-state index is -4.75. The van der Waals surface area contributed by atoms with E-state index >= 15 is 0 Å². The van der Waals surface area contributed by atoms with Crippen LogP contribution in [0.5, 0.6) is 5.75 Å². The molecule has 1 aromatic heterocycles. The Bertz CT molecular complexity index is 1710. The monoisotopic (exact) mass is 634 g/mol. The number of nitrogens with zero attached hydrogens (tertiary/aromatic N) is 5. The zero-order valence-corrected chi connectivity index (χ0v) is 26.1. The van der Waals surface area contributed by atoms with E-state index in [2.05, 4.69) is 69.0 Å². The van der Waals surface area contributed by atoms with Crippen LogP contribution < -0.4 is 15.0 Å². The number of benzene rings is 3. The normalized spacial score (nSPS) is 15.1. The van der Waals surface area contributed by atoms with Crippen molar-refractivity contribution in [2.24, 2.45) is 4.99 Å². The zero-order valence-electron chi connectivity index (χ0n) is 25.3. The molecule has 2 amide bonds. The van der Waals surface area contributed by atoms with E-state index in [4.69, 9.17) is 0 Å². The number of aryl methyl sites for hydroxylation is 1. The number of thioether (sulfide) groups is 1. The molecular weight excluding hydrogens is 601 g/mol. The Morgan fingerprint density at radius 1 is 1.09 bits per heavy atom. The van der Waals surface area contributed by atoms with Gasteiger partial charge in [-0.05, 0) is 78.8 Å². The van der Waals surface area contributed by atoms with Crippen molar-refractivity contribution >= 4 is 34.2 Å². The molecule has 3 aromatic carbocycles. The zero-order chi connectivity index (χ0) is 32.1. The van der Waals surface area contributed by atoms with E-state index in [1.165, 1.54) is 40.8 Å². The van der Waals surface area contributed by atoms with Gasteiger partial charge in [0.2, 0.25) is 0 Å². The lowest BCUT2D eigenvalue weighted by Gasteiger charge is -2.32. The van der Waals surface area contributed by atoms with Crippen molar-refractivity contribution in [1.29, 1.82) is 0 Å². The number of aliphatic imine (C=N–C) groups is 1. The number of hydrogen-bond donors (Lipinski definition) is 1. The fraction of sp³-hybridized carbons (Fsp3) is 0.273. The number of urea groups is 1. The van der Waals surface area contributed by atoms with Crippen LogP contribution in [-0.4, -0.2) is 44.6 Å². The van der Waals surface area contributed by atoms with Crippen molar-refractivity contribution in [2.75, 3.05) is 17.2 Å². The number of halogens is 3. The highest BCUT2D eigenvalue weighted by molar-refractivity contribution is 8.14. The molecule has 1 fully saturated rings. The number of allylic oxidation sites excluding steroid dienone is 1. The third kappa shape index (κ3) is 8.13. The maximum atomic E-state index is 12.9. The second-order valence-electron chi connectivity index (χ2n) is 10.9. The molecule has 45 heavy (non-hydrogen) atoms. The highest BCUT2D eigenvalue weighted by Crippen LogP contribution is 2.33. The molecule has 0 atom stereocenters. The minimum absolute atomic E-state index is 0.313. The van der Waals surface area contributed by atoms with E-state index in [-0.39, 0.29) is 5.75 Å². The van der Waals surface area contributed by atoms with Gasteiger partial charge in [0.25, 0.3) is 0 Å². The number of ether oxygens (including phenoxy) is 1. The molecule has 2 heterocycles. The lowest BCUT2D eigenvalue weighted by atomic mass is 9.98.